The van der Waals surface area contributed by atoms with Crippen LogP contribution in [0.3, 0.4) is 0 Å². The third-order valence-electron chi connectivity index (χ3n) is 6.99. The number of hydrogen-bond acceptors (Lipinski definition) is 5. The van der Waals surface area contributed by atoms with E-state index in [0.717, 1.165) is 54.0 Å². The normalized spacial score (nSPS) is 16.7. The molecule has 1 atom stereocenters. The van der Waals surface area contributed by atoms with E-state index in [9.17, 15) is 18.5 Å². The molecule has 0 unspecified atom stereocenters. The third-order valence-corrected chi connectivity index (χ3v) is 8.51. The average Bonchev–Trinajstić information content (AvgIpc) is 3.10. The zero-order chi connectivity index (χ0) is 23.3. The van der Waals surface area contributed by atoms with Gasteiger partial charge in [-0.3, -0.25) is 14.8 Å². The van der Waals surface area contributed by atoms with Crippen LogP contribution in [-0.4, -0.2) is 13.3 Å². The number of fused-ring (bicyclic) bond motifs is 3. The molecule has 3 aromatic rings. The molecule has 0 bridgehead atoms. The highest BCUT2D eigenvalue weighted by Gasteiger charge is 2.33. The molecule has 1 aliphatic rings. The summed E-state index contributed by atoms with van der Waals surface area (Å²) in [6.07, 6.45) is 3.96. The first-order valence-corrected chi connectivity index (χ1v) is 12.3. The minimum Gasteiger partial charge on any atom is -0.461 e. The first-order valence-electron chi connectivity index (χ1n) is 10.8. The first kappa shape index (κ1) is 22.3. The van der Waals surface area contributed by atoms with Gasteiger partial charge in [-0.15, -0.1) is 0 Å². The van der Waals surface area contributed by atoms with Gasteiger partial charge in [-0.2, -0.15) is 0 Å². The fraction of sp³-hybridized carbons (Fsp3) is 0.417. The Morgan fingerprint density at radius 2 is 1.97 bits per heavy atom. The summed E-state index contributed by atoms with van der Waals surface area (Å²) in [5.74, 6) is 1.52. The zero-order valence-electron chi connectivity index (χ0n) is 18.8. The molecule has 32 heavy (non-hydrogen) atoms. The van der Waals surface area contributed by atoms with Crippen LogP contribution in [0.1, 0.15) is 50.5 Å². The van der Waals surface area contributed by atoms with Crippen molar-refractivity contribution in [3.63, 3.8) is 0 Å². The molecule has 170 valence electrons. The molecule has 0 amide bonds. The van der Waals surface area contributed by atoms with E-state index in [1.54, 1.807) is 19.1 Å². The van der Waals surface area contributed by atoms with Gasteiger partial charge in [0.05, 0.1) is 9.82 Å². The number of non-ortho nitro benzene ring substituents is 1. The van der Waals surface area contributed by atoms with Gasteiger partial charge in [0.15, 0.2) is 0 Å². The Bertz CT molecular complexity index is 1310. The lowest BCUT2D eigenvalue weighted by atomic mass is 9.69. The highest BCUT2D eigenvalue weighted by Crippen LogP contribution is 2.43. The second-order valence-corrected chi connectivity index (χ2v) is 11.0. The maximum atomic E-state index is 13.0. The molecule has 1 aromatic heterocycles. The van der Waals surface area contributed by atoms with Gasteiger partial charge in [0.25, 0.3) is 15.7 Å². The van der Waals surface area contributed by atoms with Gasteiger partial charge in [-0.25, -0.2) is 8.42 Å². The molecule has 0 spiro atoms. The van der Waals surface area contributed by atoms with Crippen molar-refractivity contribution in [2.45, 2.75) is 58.3 Å². The van der Waals surface area contributed by atoms with Crippen molar-refractivity contribution in [2.75, 3.05) is 4.72 Å². The molecular formula is C24H28N2O5S. The minimum atomic E-state index is -4.00. The summed E-state index contributed by atoms with van der Waals surface area (Å²) in [6.45, 7) is 8.42. The Balaban J connectivity index is 1.69. The Hall–Kier alpha value is -2.87. The summed E-state index contributed by atoms with van der Waals surface area (Å²) in [5, 5.41) is 12.0. The predicted molar refractivity (Wildman–Crippen MR) is 124 cm³/mol. The highest BCUT2D eigenvalue weighted by molar-refractivity contribution is 7.92. The molecule has 0 fully saturated rings. The van der Waals surface area contributed by atoms with Gasteiger partial charge in [-0.1, -0.05) is 33.3 Å². The molecule has 2 aromatic carbocycles. The Labute approximate surface area is 188 Å². The SMILES string of the molecule is CCC(C)(C)[C@H]1CCc2oc3ccc(NS(=O)(=O)c4cc([N+](=O)[O-])ccc4C)cc3c2C1. The van der Waals surface area contributed by atoms with Crippen molar-refractivity contribution in [2.24, 2.45) is 11.3 Å². The molecule has 7 nitrogen and oxygen atoms in total. The number of aryl methyl sites for hydroxylation is 2. The summed E-state index contributed by atoms with van der Waals surface area (Å²) in [5.41, 5.74) is 2.71. The van der Waals surface area contributed by atoms with Gasteiger partial charge in [-0.05, 0) is 54.9 Å². The number of rotatable bonds is 6. The fourth-order valence-electron chi connectivity index (χ4n) is 4.50. The smallest absolute Gasteiger partial charge is 0.270 e. The predicted octanol–water partition coefficient (Wildman–Crippen LogP) is 5.99. The van der Waals surface area contributed by atoms with Crippen LogP contribution in [0.5, 0.6) is 0 Å². The molecule has 1 N–H and O–H groups in total. The molecule has 0 saturated carbocycles. The first-order chi connectivity index (χ1) is 15.0. The molecule has 8 heteroatoms. The van der Waals surface area contributed by atoms with Crippen LogP contribution in [0.25, 0.3) is 11.0 Å². The summed E-state index contributed by atoms with van der Waals surface area (Å²) in [6, 6.07) is 9.08. The van der Waals surface area contributed by atoms with E-state index in [1.165, 1.54) is 12.1 Å². The molecule has 0 saturated heterocycles. The van der Waals surface area contributed by atoms with Crippen LogP contribution < -0.4 is 4.72 Å². The Kier molecular flexibility index (Phi) is 5.53. The number of sulfonamides is 1. The maximum Gasteiger partial charge on any atom is 0.270 e. The standard InChI is InChI=1S/C24H28N2O5S/c1-5-24(3,4)16-7-10-21-19(12-16)20-13-17(8-11-22(20)31-21)25-32(29,30)23-14-18(26(27)28)9-6-15(23)2/h6,8-9,11,13-14,16,25H,5,7,10,12H2,1-4H3/t16-/m0/s1. The quantitative estimate of drug-likeness (QED) is 0.362. The molecular weight excluding hydrogens is 428 g/mol. The van der Waals surface area contributed by atoms with Crippen molar-refractivity contribution >= 4 is 32.4 Å². The maximum absolute atomic E-state index is 13.0. The van der Waals surface area contributed by atoms with E-state index < -0.39 is 14.9 Å². The number of benzene rings is 2. The van der Waals surface area contributed by atoms with Crippen LogP contribution in [0.2, 0.25) is 0 Å². The van der Waals surface area contributed by atoms with Crippen molar-refractivity contribution < 1.29 is 17.8 Å². The number of anilines is 1. The van der Waals surface area contributed by atoms with Crippen LogP contribution >= 0.6 is 0 Å². The van der Waals surface area contributed by atoms with Crippen LogP contribution in [0.15, 0.2) is 45.7 Å². The Morgan fingerprint density at radius 1 is 1.22 bits per heavy atom. The lowest BCUT2D eigenvalue weighted by Gasteiger charge is -2.36. The zero-order valence-corrected chi connectivity index (χ0v) is 19.6. The van der Waals surface area contributed by atoms with Gasteiger partial charge in [0, 0.05) is 35.2 Å². The number of nitrogens with one attached hydrogen (secondary N) is 1. The van der Waals surface area contributed by atoms with Crippen molar-refractivity contribution in [1.29, 1.82) is 0 Å². The average molecular weight is 457 g/mol. The minimum absolute atomic E-state index is 0.106. The van der Waals surface area contributed by atoms with Crippen LogP contribution in [0.4, 0.5) is 11.4 Å². The van der Waals surface area contributed by atoms with Crippen LogP contribution in [0, 0.1) is 28.4 Å². The fourth-order valence-corrected chi connectivity index (χ4v) is 5.82. The van der Waals surface area contributed by atoms with Gasteiger partial charge >= 0.3 is 0 Å². The van der Waals surface area contributed by atoms with E-state index in [4.69, 9.17) is 4.42 Å². The molecule has 1 aliphatic carbocycles. The number of nitro benzene ring substituents is 1. The largest absolute Gasteiger partial charge is 0.461 e. The van der Waals surface area contributed by atoms with Gasteiger partial charge in [0.2, 0.25) is 0 Å². The summed E-state index contributed by atoms with van der Waals surface area (Å²) < 4.78 is 34.7. The van der Waals surface area contributed by atoms with E-state index in [0.29, 0.717) is 17.2 Å². The third kappa shape index (κ3) is 3.99. The summed E-state index contributed by atoms with van der Waals surface area (Å²) >= 11 is 0. The van der Waals surface area contributed by atoms with E-state index >= 15 is 0 Å². The second-order valence-electron chi connectivity index (χ2n) is 9.31. The lowest BCUT2D eigenvalue weighted by molar-refractivity contribution is -0.385. The van der Waals surface area contributed by atoms with Gasteiger partial charge in [0.1, 0.15) is 11.3 Å². The topological polar surface area (TPSA) is 102 Å². The molecule has 1 heterocycles. The second kappa shape index (κ2) is 7.92. The van der Waals surface area contributed by atoms with E-state index in [1.807, 2.05) is 6.07 Å². The summed E-state index contributed by atoms with van der Waals surface area (Å²) in [4.78, 5) is 10.4. The van der Waals surface area contributed by atoms with E-state index in [-0.39, 0.29) is 16.0 Å². The highest BCUT2D eigenvalue weighted by atomic mass is 32.2. The number of nitro groups is 1. The van der Waals surface area contributed by atoms with Crippen LogP contribution in [-0.2, 0) is 22.9 Å². The number of hydrogen-bond donors (Lipinski definition) is 1. The monoisotopic (exact) mass is 456 g/mol. The van der Waals surface area contributed by atoms with Crippen molar-refractivity contribution in [1.82, 2.24) is 0 Å². The number of furan rings is 1. The molecule has 4 rings (SSSR count). The van der Waals surface area contributed by atoms with Crippen molar-refractivity contribution in [3.05, 3.63) is 63.4 Å². The molecule has 0 aliphatic heterocycles. The summed E-state index contributed by atoms with van der Waals surface area (Å²) in [7, 11) is -4.00. The lowest BCUT2D eigenvalue weighted by Crippen LogP contribution is -2.28. The number of nitrogens with zero attached hydrogens (tertiary/aromatic N) is 1. The van der Waals surface area contributed by atoms with E-state index in [2.05, 4.69) is 25.5 Å². The molecule has 0 radical (unpaired) electrons. The Morgan fingerprint density at radius 3 is 2.66 bits per heavy atom. The van der Waals surface area contributed by atoms with Crippen molar-refractivity contribution in [3.8, 4) is 0 Å². The van der Waals surface area contributed by atoms with Gasteiger partial charge < -0.3 is 4.42 Å².